The second kappa shape index (κ2) is 5.52. The fraction of sp³-hybridized carbons (Fsp3) is 0.364. The van der Waals surface area contributed by atoms with E-state index in [1.165, 1.54) is 6.92 Å². The highest BCUT2D eigenvalue weighted by molar-refractivity contribution is 7.90. The van der Waals surface area contributed by atoms with Crippen molar-refractivity contribution in [1.82, 2.24) is 0 Å². The van der Waals surface area contributed by atoms with E-state index in [0.29, 0.717) is 6.07 Å². The average Bonchev–Trinajstić information content (AvgIpc) is 2.18. The van der Waals surface area contributed by atoms with Crippen LogP contribution in [0.1, 0.15) is 17.3 Å². The molecule has 19 heavy (non-hydrogen) atoms. The number of carbonyl (C=O) groups is 1. The van der Waals surface area contributed by atoms with Crippen molar-refractivity contribution < 1.29 is 22.0 Å². The number of benzene rings is 1. The van der Waals surface area contributed by atoms with E-state index in [1.807, 2.05) is 0 Å². The van der Waals surface area contributed by atoms with E-state index in [0.717, 1.165) is 12.3 Å². The minimum atomic E-state index is -3.24. The number of amides is 1. The first-order chi connectivity index (χ1) is 8.60. The highest BCUT2D eigenvalue weighted by Crippen LogP contribution is 2.20. The lowest BCUT2D eigenvalue weighted by molar-refractivity contribution is 0.0996. The quantitative estimate of drug-likeness (QED) is 0.844. The predicted octanol–water partition coefficient (Wildman–Crippen LogP) is 0.909. The molecule has 0 heterocycles. The van der Waals surface area contributed by atoms with E-state index in [2.05, 4.69) is 5.32 Å². The van der Waals surface area contributed by atoms with Gasteiger partial charge in [0.25, 0.3) is 5.91 Å². The van der Waals surface area contributed by atoms with Crippen LogP contribution in [0.25, 0.3) is 0 Å². The maximum atomic E-state index is 13.5. The molecular weight excluding hydrogens is 278 g/mol. The van der Waals surface area contributed by atoms with E-state index in [-0.39, 0.29) is 11.4 Å². The van der Waals surface area contributed by atoms with Crippen molar-refractivity contribution in [2.24, 2.45) is 5.73 Å². The monoisotopic (exact) mass is 292 g/mol. The molecule has 1 rings (SSSR count). The minimum Gasteiger partial charge on any atom is -0.379 e. The van der Waals surface area contributed by atoms with Crippen LogP contribution in [0.2, 0.25) is 0 Å². The Bertz CT molecular complexity index is 602. The summed E-state index contributed by atoms with van der Waals surface area (Å²) in [7, 11) is -3.24. The zero-order chi connectivity index (χ0) is 14.8. The summed E-state index contributed by atoms with van der Waals surface area (Å²) in [4.78, 5) is 10.9. The predicted molar refractivity (Wildman–Crippen MR) is 67.7 cm³/mol. The first kappa shape index (κ1) is 15.4. The molecule has 1 unspecified atom stereocenters. The topological polar surface area (TPSA) is 89.3 Å². The van der Waals surface area contributed by atoms with Crippen molar-refractivity contribution >= 4 is 21.4 Å². The number of halogens is 2. The van der Waals surface area contributed by atoms with Gasteiger partial charge >= 0.3 is 0 Å². The number of carbonyl (C=O) groups excluding carboxylic acids is 1. The summed E-state index contributed by atoms with van der Waals surface area (Å²) in [5, 5.41) is 2.56. The molecule has 0 aromatic heterocycles. The fourth-order valence-electron chi connectivity index (χ4n) is 1.61. The normalized spacial score (nSPS) is 13.1. The third kappa shape index (κ3) is 4.47. The number of nitrogens with two attached hydrogens (primary N) is 1. The summed E-state index contributed by atoms with van der Waals surface area (Å²) in [5.74, 6) is -3.25. The van der Waals surface area contributed by atoms with Crippen LogP contribution in [-0.4, -0.2) is 32.4 Å². The number of rotatable bonds is 5. The largest absolute Gasteiger partial charge is 0.379 e. The highest BCUT2D eigenvalue weighted by Gasteiger charge is 2.16. The number of nitrogens with one attached hydrogen (secondary N) is 1. The van der Waals surface area contributed by atoms with E-state index in [1.54, 1.807) is 0 Å². The number of sulfone groups is 1. The molecule has 1 atom stereocenters. The second-order valence-corrected chi connectivity index (χ2v) is 6.50. The van der Waals surface area contributed by atoms with E-state index < -0.39 is 39.0 Å². The van der Waals surface area contributed by atoms with Crippen molar-refractivity contribution in [1.29, 1.82) is 0 Å². The molecule has 0 spiro atoms. The Balaban J connectivity index is 3.01. The van der Waals surface area contributed by atoms with E-state index >= 15 is 0 Å². The van der Waals surface area contributed by atoms with Gasteiger partial charge in [0.1, 0.15) is 21.5 Å². The zero-order valence-electron chi connectivity index (χ0n) is 10.4. The van der Waals surface area contributed by atoms with Gasteiger partial charge in [0.2, 0.25) is 0 Å². The molecule has 5 nitrogen and oxygen atoms in total. The molecular formula is C11H14F2N2O3S. The Labute approximate surface area is 109 Å². The molecule has 0 saturated carbocycles. The standard InChI is InChI=1S/C11H14F2N2O3S/c1-6(5-19(2,17)18)15-10-3-7(11(14)16)8(12)4-9(10)13/h3-4,6,15H,5H2,1-2H3,(H2,14,16). The van der Waals surface area contributed by atoms with E-state index in [9.17, 15) is 22.0 Å². The van der Waals surface area contributed by atoms with Crippen LogP contribution < -0.4 is 11.1 Å². The van der Waals surface area contributed by atoms with Crippen LogP contribution in [0.3, 0.4) is 0 Å². The lowest BCUT2D eigenvalue weighted by Crippen LogP contribution is -2.26. The van der Waals surface area contributed by atoms with Crippen molar-refractivity contribution in [3.63, 3.8) is 0 Å². The van der Waals surface area contributed by atoms with Crippen LogP contribution in [0.15, 0.2) is 12.1 Å². The first-order valence-corrected chi connectivity index (χ1v) is 7.39. The molecule has 0 aliphatic carbocycles. The molecule has 0 fully saturated rings. The van der Waals surface area contributed by atoms with Gasteiger partial charge in [-0.05, 0) is 13.0 Å². The number of hydrogen-bond acceptors (Lipinski definition) is 4. The first-order valence-electron chi connectivity index (χ1n) is 5.33. The molecule has 0 saturated heterocycles. The van der Waals surface area contributed by atoms with Gasteiger partial charge in [-0.2, -0.15) is 0 Å². The van der Waals surface area contributed by atoms with Gasteiger partial charge in [0, 0.05) is 18.4 Å². The third-order valence-electron chi connectivity index (χ3n) is 2.28. The van der Waals surface area contributed by atoms with Gasteiger partial charge < -0.3 is 11.1 Å². The molecule has 1 amide bonds. The molecule has 1 aromatic rings. The van der Waals surface area contributed by atoms with Crippen LogP contribution in [0.4, 0.5) is 14.5 Å². The molecule has 0 aliphatic heterocycles. The Morgan fingerprint density at radius 3 is 2.42 bits per heavy atom. The Hall–Kier alpha value is -1.70. The van der Waals surface area contributed by atoms with E-state index in [4.69, 9.17) is 5.73 Å². The molecule has 0 radical (unpaired) electrons. The Morgan fingerprint density at radius 1 is 1.37 bits per heavy atom. The zero-order valence-corrected chi connectivity index (χ0v) is 11.2. The number of hydrogen-bond donors (Lipinski definition) is 2. The fourth-order valence-corrected chi connectivity index (χ4v) is 2.60. The number of anilines is 1. The van der Waals surface area contributed by atoms with Crippen molar-refractivity contribution in [3.8, 4) is 0 Å². The molecule has 0 bridgehead atoms. The van der Waals surface area contributed by atoms with Gasteiger partial charge in [-0.1, -0.05) is 0 Å². The van der Waals surface area contributed by atoms with Gasteiger partial charge in [-0.25, -0.2) is 17.2 Å². The van der Waals surface area contributed by atoms with Crippen LogP contribution >= 0.6 is 0 Å². The summed E-state index contributed by atoms with van der Waals surface area (Å²) >= 11 is 0. The second-order valence-electron chi connectivity index (χ2n) is 4.31. The smallest absolute Gasteiger partial charge is 0.251 e. The Morgan fingerprint density at radius 2 is 1.95 bits per heavy atom. The third-order valence-corrected chi connectivity index (χ3v) is 3.38. The van der Waals surface area contributed by atoms with Crippen LogP contribution in [0, 0.1) is 11.6 Å². The summed E-state index contributed by atoms with van der Waals surface area (Å²) < 4.78 is 48.9. The summed E-state index contributed by atoms with van der Waals surface area (Å²) in [6, 6.07) is 0.845. The van der Waals surface area contributed by atoms with Gasteiger partial charge in [-0.15, -0.1) is 0 Å². The van der Waals surface area contributed by atoms with Gasteiger partial charge in [-0.3, -0.25) is 4.79 Å². The minimum absolute atomic E-state index is 0.175. The molecule has 3 N–H and O–H groups in total. The summed E-state index contributed by atoms with van der Waals surface area (Å²) in [6.07, 6.45) is 1.04. The molecule has 0 aliphatic rings. The van der Waals surface area contributed by atoms with Crippen molar-refractivity contribution in [2.45, 2.75) is 13.0 Å². The average molecular weight is 292 g/mol. The molecule has 106 valence electrons. The van der Waals surface area contributed by atoms with Gasteiger partial charge in [0.05, 0.1) is 17.0 Å². The SMILES string of the molecule is CC(CS(C)(=O)=O)Nc1cc(C(N)=O)c(F)cc1F. The lowest BCUT2D eigenvalue weighted by atomic mass is 10.1. The lowest BCUT2D eigenvalue weighted by Gasteiger charge is -2.15. The highest BCUT2D eigenvalue weighted by atomic mass is 32.2. The Kier molecular flexibility index (Phi) is 4.46. The van der Waals surface area contributed by atoms with Crippen LogP contribution in [-0.2, 0) is 9.84 Å². The summed E-state index contributed by atoms with van der Waals surface area (Å²) in [5.41, 5.74) is 4.30. The molecule has 8 heteroatoms. The van der Waals surface area contributed by atoms with Crippen molar-refractivity contribution in [3.05, 3.63) is 29.3 Å². The maximum absolute atomic E-state index is 13.5. The van der Waals surface area contributed by atoms with Gasteiger partial charge in [0.15, 0.2) is 0 Å². The molecule has 1 aromatic carbocycles. The van der Waals surface area contributed by atoms with Crippen molar-refractivity contribution in [2.75, 3.05) is 17.3 Å². The summed E-state index contributed by atoms with van der Waals surface area (Å²) in [6.45, 7) is 1.52. The van der Waals surface area contributed by atoms with Crippen LogP contribution in [0.5, 0.6) is 0 Å². The number of primary amides is 1. The maximum Gasteiger partial charge on any atom is 0.251 e.